The quantitative estimate of drug-likeness (QED) is 0.548. The molecule has 1 unspecified atom stereocenters. The van der Waals surface area contributed by atoms with Crippen molar-refractivity contribution in [3.63, 3.8) is 0 Å². The van der Waals surface area contributed by atoms with Crippen molar-refractivity contribution in [2.75, 3.05) is 18.4 Å². The summed E-state index contributed by atoms with van der Waals surface area (Å²) < 4.78 is 0. The van der Waals surface area contributed by atoms with Gasteiger partial charge in [0.05, 0.1) is 6.04 Å². The smallest absolute Gasteiger partial charge is 0.252 e. The summed E-state index contributed by atoms with van der Waals surface area (Å²) in [7, 11) is 0. The fraction of sp³-hybridized carbons (Fsp3) is 0.381. The Morgan fingerprint density at radius 3 is 2.86 bits per heavy atom. The zero-order valence-electron chi connectivity index (χ0n) is 16.2. The molecule has 8 heteroatoms. The Kier molecular flexibility index (Phi) is 7.37. The maximum absolute atomic E-state index is 12.2. The third-order valence-electron chi connectivity index (χ3n) is 4.94. The summed E-state index contributed by atoms with van der Waals surface area (Å²) in [5, 5.41) is 9.36. The lowest BCUT2D eigenvalue weighted by Gasteiger charge is -2.22. The number of thiophene rings is 1. The Hall–Kier alpha value is -2.71. The van der Waals surface area contributed by atoms with E-state index in [1.54, 1.807) is 11.4 Å². The number of anilines is 1. The van der Waals surface area contributed by atoms with E-state index in [1.807, 2.05) is 29.6 Å². The zero-order chi connectivity index (χ0) is 20.6. The molecule has 1 saturated heterocycles. The molecule has 2 aromatic rings. The fourth-order valence-corrected chi connectivity index (χ4v) is 4.13. The first-order valence-electron chi connectivity index (χ1n) is 9.75. The van der Waals surface area contributed by atoms with Crippen molar-refractivity contribution in [2.45, 2.75) is 38.3 Å². The van der Waals surface area contributed by atoms with Gasteiger partial charge in [0.2, 0.25) is 11.8 Å². The van der Waals surface area contributed by atoms with E-state index in [0.29, 0.717) is 31.5 Å². The Labute approximate surface area is 174 Å². The van der Waals surface area contributed by atoms with Gasteiger partial charge in [0.1, 0.15) is 0 Å². The van der Waals surface area contributed by atoms with Crippen molar-refractivity contribution in [3.8, 4) is 0 Å². The monoisotopic (exact) mass is 414 g/mol. The van der Waals surface area contributed by atoms with Crippen molar-refractivity contribution in [1.29, 1.82) is 0 Å². The number of nitrogens with one attached hydrogen (secondary N) is 2. The third kappa shape index (κ3) is 6.13. The molecule has 154 valence electrons. The van der Waals surface area contributed by atoms with E-state index in [9.17, 15) is 14.4 Å². The van der Waals surface area contributed by atoms with Crippen LogP contribution < -0.4 is 16.4 Å². The highest BCUT2D eigenvalue weighted by Gasteiger charge is 2.28. The summed E-state index contributed by atoms with van der Waals surface area (Å²) in [4.78, 5) is 37.7. The standard InChI is InChI=1S/C21H26N4O3S/c22-20(27)18-6-3-10-25(18)13-15-4-1-5-17(12-15)24-19(26)7-2-9-23-21(28)16-8-11-29-14-16/h1,4-5,8,11-12,14,18H,2-3,6-7,9-10,13H2,(H2,22,27)(H,23,28)(H,24,26). The Bertz CT molecular complexity index is 853. The van der Waals surface area contributed by atoms with Crippen LogP contribution in [0.5, 0.6) is 0 Å². The van der Waals surface area contributed by atoms with E-state index in [0.717, 1.165) is 30.6 Å². The van der Waals surface area contributed by atoms with Gasteiger partial charge in [0.25, 0.3) is 5.91 Å². The lowest BCUT2D eigenvalue weighted by molar-refractivity contribution is -0.122. The summed E-state index contributed by atoms with van der Waals surface area (Å²) in [6.45, 7) is 1.93. The van der Waals surface area contributed by atoms with E-state index in [1.165, 1.54) is 11.3 Å². The maximum atomic E-state index is 12.2. The van der Waals surface area contributed by atoms with Gasteiger partial charge in [0.15, 0.2) is 0 Å². The lowest BCUT2D eigenvalue weighted by Crippen LogP contribution is -2.39. The van der Waals surface area contributed by atoms with Crippen molar-refractivity contribution >= 4 is 34.7 Å². The minimum atomic E-state index is -0.280. The molecule has 1 aliphatic rings. The molecule has 3 rings (SSSR count). The van der Waals surface area contributed by atoms with Crippen LogP contribution in [0, 0.1) is 0 Å². The predicted octanol–water partition coefficient (Wildman–Crippen LogP) is 2.35. The molecule has 1 fully saturated rings. The summed E-state index contributed by atoms with van der Waals surface area (Å²) in [5.74, 6) is -0.489. The van der Waals surface area contributed by atoms with Crippen LogP contribution in [0.1, 0.15) is 41.6 Å². The first-order valence-corrected chi connectivity index (χ1v) is 10.7. The first kappa shape index (κ1) is 21.0. The highest BCUT2D eigenvalue weighted by molar-refractivity contribution is 7.08. The number of nitrogens with zero attached hydrogens (tertiary/aromatic N) is 1. The average molecular weight is 415 g/mol. The van der Waals surface area contributed by atoms with E-state index in [2.05, 4.69) is 15.5 Å². The summed E-state index contributed by atoms with van der Waals surface area (Å²) in [6, 6.07) is 9.19. The number of rotatable bonds is 9. The van der Waals surface area contributed by atoms with Gasteiger partial charge in [0, 0.05) is 36.1 Å². The number of amides is 3. The number of carbonyl (C=O) groups is 3. The SMILES string of the molecule is NC(=O)C1CCCN1Cc1cccc(NC(=O)CCCNC(=O)c2ccsc2)c1. The van der Waals surface area contributed by atoms with Crippen molar-refractivity contribution in [1.82, 2.24) is 10.2 Å². The van der Waals surface area contributed by atoms with Gasteiger partial charge >= 0.3 is 0 Å². The van der Waals surface area contributed by atoms with Crippen LogP contribution in [-0.4, -0.2) is 41.8 Å². The van der Waals surface area contributed by atoms with Gasteiger partial charge in [-0.3, -0.25) is 19.3 Å². The second kappa shape index (κ2) is 10.2. The molecule has 1 atom stereocenters. The van der Waals surface area contributed by atoms with Gasteiger partial charge in [-0.1, -0.05) is 12.1 Å². The Morgan fingerprint density at radius 2 is 2.10 bits per heavy atom. The number of hydrogen-bond donors (Lipinski definition) is 3. The zero-order valence-corrected chi connectivity index (χ0v) is 17.0. The molecule has 0 bridgehead atoms. The van der Waals surface area contributed by atoms with Crippen LogP contribution in [0.3, 0.4) is 0 Å². The highest BCUT2D eigenvalue weighted by atomic mass is 32.1. The van der Waals surface area contributed by atoms with Crippen LogP contribution >= 0.6 is 11.3 Å². The second-order valence-electron chi connectivity index (χ2n) is 7.15. The minimum Gasteiger partial charge on any atom is -0.368 e. The first-order chi connectivity index (χ1) is 14.0. The number of hydrogen-bond acceptors (Lipinski definition) is 5. The van der Waals surface area contributed by atoms with Crippen LogP contribution in [0.25, 0.3) is 0 Å². The largest absolute Gasteiger partial charge is 0.368 e. The molecule has 1 aromatic carbocycles. The molecule has 0 radical (unpaired) electrons. The number of benzene rings is 1. The number of primary amides is 1. The number of carbonyl (C=O) groups excluding carboxylic acids is 3. The molecule has 0 saturated carbocycles. The van der Waals surface area contributed by atoms with Gasteiger partial charge < -0.3 is 16.4 Å². The number of nitrogens with two attached hydrogens (primary N) is 1. The number of likely N-dealkylation sites (tertiary alicyclic amines) is 1. The second-order valence-corrected chi connectivity index (χ2v) is 7.93. The molecular weight excluding hydrogens is 388 g/mol. The molecular formula is C21H26N4O3S. The normalized spacial score (nSPS) is 16.5. The maximum Gasteiger partial charge on any atom is 0.252 e. The molecule has 4 N–H and O–H groups in total. The minimum absolute atomic E-state index is 0.0943. The van der Waals surface area contributed by atoms with Crippen LogP contribution in [0.2, 0.25) is 0 Å². The molecule has 1 aliphatic heterocycles. The van der Waals surface area contributed by atoms with Crippen LogP contribution in [0.15, 0.2) is 41.1 Å². The highest BCUT2D eigenvalue weighted by Crippen LogP contribution is 2.21. The molecule has 2 heterocycles. The summed E-state index contributed by atoms with van der Waals surface area (Å²) in [6.07, 6.45) is 2.65. The van der Waals surface area contributed by atoms with Gasteiger partial charge in [-0.25, -0.2) is 0 Å². The van der Waals surface area contributed by atoms with E-state index in [-0.39, 0.29) is 23.8 Å². The van der Waals surface area contributed by atoms with Crippen molar-refractivity contribution in [2.24, 2.45) is 5.73 Å². The van der Waals surface area contributed by atoms with E-state index >= 15 is 0 Å². The predicted molar refractivity (Wildman–Crippen MR) is 114 cm³/mol. The molecule has 0 spiro atoms. The van der Waals surface area contributed by atoms with Gasteiger partial charge in [-0.2, -0.15) is 11.3 Å². The van der Waals surface area contributed by atoms with Crippen LogP contribution in [0.4, 0.5) is 5.69 Å². The lowest BCUT2D eigenvalue weighted by atomic mass is 10.1. The third-order valence-corrected chi connectivity index (χ3v) is 5.62. The van der Waals surface area contributed by atoms with Crippen LogP contribution in [-0.2, 0) is 16.1 Å². The molecule has 0 aliphatic carbocycles. The summed E-state index contributed by atoms with van der Waals surface area (Å²) >= 11 is 1.47. The average Bonchev–Trinajstić information content (AvgIpc) is 3.37. The molecule has 29 heavy (non-hydrogen) atoms. The van der Waals surface area contributed by atoms with E-state index in [4.69, 9.17) is 5.73 Å². The van der Waals surface area contributed by atoms with Gasteiger partial charge in [-0.05, 0) is 54.9 Å². The summed E-state index contributed by atoms with van der Waals surface area (Å²) in [5.41, 5.74) is 7.88. The fourth-order valence-electron chi connectivity index (χ4n) is 3.49. The Morgan fingerprint density at radius 1 is 1.24 bits per heavy atom. The molecule has 7 nitrogen and oxygen atoms in total. The van der Waals surface area contributed by atoms with E-state index < -0.39 is 0 Å². The van der Waals surface area contributed by atoms with Gasteiger partial charge in [-0.15, -0.1) is 0 Å². The Balaban J connectivity index is 1.43. The van der Waals surface area contributed by atoms with Crippen molar-refractivity contribution < 1.29 is 14.4 Å². The molecule has 1 aromatic heterocycles. The van der Waals surface area contributed by atoms with Crippen molar-refractivity contribution in [3.05, 3.63) is 52.2 Å². The molecule has 3 amide bonds. The topological polar surface area (TPSA) is 105 Å².